The molecule has 3 N–H and O–H groups in total. The number of nitrogens with two attached hydrogens (primary N) is 1. The fourth-order valence-corrected chi connectivity index (χ4v) is 2.02. The third-order valence-electron chi connectivity index (χ3n) is 3.00. The minimum Gasteiger partial charge on any atom is -0.398 e. The molecule has 5 heteroatoms. The Balaban J connectivity index is 2.06. The third-order valence-corrected chi connectivity index (χ3v) is 3.00. The normalized spacial score (nSPS) is 10.7. The Morgan fingerprint density at radius 1 is 1.00 bits per heavy atom. The van der Waals surface area contributed by atoms with Gasteiger partial charge in [-0.25, -0.2) is 8.78 Å². The molecule has 1 aromatic heterocycles. The number of halogens is 2. The predicted molar refractivity (Wildman–Crippen MR) is 75.8 cm³/mol. The van der Waals surface area contributed by atoms with Crippen molar-refractivity contribution in [2.24, 2.45) is 0 Å². The SMILES string of the molecule is Nc1ccc(Nc2ccc(F)c(F)c2)c2ncccc12. The molecule has 0 saturated heterocycles. The zero-order valence-electron chi connectivity index (χ0n) is 10.4. The lowest BCUT2D eigenvalue weighted by molar-refractivity contribution is 0.509. The van der Waals surface area contributed by atoms with Gasteiger partial charge in [-0.3, -0.25) is 4.98 Å². The van der Waals surface area contributed by atoms with Gasteiger partial charge in [-0.2, -0.15) is 0 Å². The molecule has 0 atom stereocenters. The Labute approximate surface area is 114 Å². The van der Waals surface area contributed by atoms with E-state index < -0.39 is 11.6 Å². The summed E-state index contributed by atoms with van der Waals surface area (Å²) in [6, 6.07) is 10.8. The average molecular weight is 271 g/mol. The van der Waals surface area contributed by atoms with E-state index in [-0.39, 0.29) is 0 Å². The van der Waals surface area contributed by atoms with Crippen LogP contribution in [0.15, 0.2) is 48.7 Å². The van der Waals surface area contributed by atoms with E-state index in [1.807, 2.05) is 6.07 Å². The Hall–Kier alpha value is -2.69. The topological polar surface area (TPSA) is 50.9 Å². The fraction of sp³-hybridized carbons (Fsp3) is 0. The highest BCUT2D eigenvalue weighted by Gasteiger charge is 2.07. The summed E-state index contributed by atoms with van der Waals surface area (Å²) in [5, 5.41) is 3.82. The number of pyridine rings is 1. The number of benzene rings is 2. The summed E-state index contributed by atoms with van der Waals surface area (Å²) in [4.78, 5) is 4.27. The summed E-state index contributed by atoms with van der Waals surface area (Å²) in [5.41, 5.74) is 8.30. The van der Waals surface area contributed by atoms with Crippen molar-refractivity contribution in [3.63, 3.8) is 0 Å². The molecule has 3 aromatic rings. The molecule has 100 valence electrons. The Morgan fingerprint density at radius 2 is 1.85 bits per heavy atom. The lowest BCUT2D eigenvalue weighted by Crippen LogP contribution is -1.96. The first-order valence-electron chi connectivity index (χ1n) is 6.00. The van der Waals surface area contributed by atoms with Crippen molar-refractivity contribution in [2.75, 3.05) is 11.1 Å². The molecule has 0 fully saturated rings. The molecular formula is C15H11F2N3. The number of hydrogen-bond donors (Lipinski definition) is 2. The molecule has 0 unspecified atom stereocenters. The van der Waals surface area contributed by atoms with Gasteiger partial charge in [0.05, 0.1) is 11.2 Å². The number of aromatic nitrogens is 1. The molecule has 1 heterocycles. The molecule has 0 aliphatic carbocycles. The maximum absolute atomic E-state index is 13.2. The molecule has 20 heavy (non-hydrogen) atoms. The van der Waals surface area contributed by atoms with Gasteiger partial charge in [-0.1, -0.05) is 0 Å². The summed E-state index contributed by atoms with van der Waals surface area (Å²) < 4.78 is 26.1. The summed E-state index contributed by atoms with van der Waals surface area (Å²) in [6.07, 6.45) is 1.65. The highest BCUT2D eigenvalue weighted by atomic mass is 19.2. The van der Waals surface area contributed by atoms with E-state index in [0.717, 1.165) is 17.5 Å². The van der Waals surface area contributed by atoms with E-state index in [0.29, 0.717) is 22.6 Å². The van der Waals surface area contributed by atoms with Crippen LogP contribution >= 0.6 is 0 Å². The standard InChI is InChI=1S/C15H11F2N3/c16-11-4-3-9(8-12(11)17)20-14-6-5-13(18)10-2-1-7-19-15(10)14/h1-8,20H,18H2. The van der Waals surface area contributed by atoms with Gasteiger partial charge in [-0.15, -0.1) is 0 Å². The van der Waals surface area contributed by atoms with Crippen LogP contribution in [-0.2, 0) is 0 Å². The molecule has 0 spiro atoms. The number of anilines is 3. The van der Waals surface area contributed by atoms with Gasteiger partial charge in [0.2, 0.25) is 0 Å². The van der Waals surface area contributed by atoms with E-state index in [2.05, 4.69) is 10.3 Å². The molecule has 0 saturated carbocycles. The maximum Gasteiger partial charge on any atom is 0.160 e. The zero-order chi connectivity index (χ0) is 14.1. The lowest BCUT2D eigenvalue weighted by Gasteiger charge is -2.10. The van der Waals surface area contributed by atoms with Gasteiger partial charge in [0, 0.05) is 29.0 Å². The molecule has 0 aliphatic heterocycles. The molecule has 3 nitrogen and oxygen atoms in total. The molecule has 0 amide bonds. The number of hydrogen-bond acceptors (Lipinski definition) is 3. The van der Waals surface area contributed by atoms with Crippen LogP contribution in [0.3, 0.4) is 0 Å². The average Bonchev–Trinajstić information content (AvgIpc) is 2.46. The molecular weight excluding hydrogens is 260 g/mol. The van der Waals surface area contributed by atoms with Crippen LogP contribution in [0, 0.1) is 11.6 Å². The first kappa shape index (κ1) is 12.3. The minimum absolute atomic E-state index is 0.445. The zero-order valence-corrected chi connectivity index (χ0v) is 10.4. The van der Waals surface area contributed by atoms with Gasteiger partial charge in [0.1, 0.15) is 0 Å². The van der Waals surface area contributed by atoms with E-state index in [1.165, 1.54) is 6.07 Å². The highest BCUT2D eigenvalue weighted by molar-refractivity contribution is 5.99. The number of rotatable bonds is 2. The number of fused-ring (bicyclic) bond motifs is 1. The first-order valence-corrected chi connectivity index (χ1v) is 6.00. The molecule has 0 radical (unpaired) electrons. The largest absolute Gasteiger partial charge is 0.398 e. The third kappa shape index (κ3) is 2.14. The second-order valence-electron chi connectivity index (χ2n) is 4.36. The molecule has 0 aliphatic rings. The van der Waals surface area contributed by atoms with Crippen LogP contribution in [0.25, 0.3) is 10.9 Å². The van der Waals surface area contributed by atoms with Gasteiger partial charge < -0.3 is 11.1 Å². The van der Waals surface area contributed by atoms with E-state index in [1.54, 1.807) is 24.4 Å². The van der Waals surface area contributed by atoms with Gasteiger partial charge in [0.25, 0.3) is 0 Å². The van der Waals surface area contributed by atoms with Gasteiger partial charge in [0.15, 0.2) is 11.6 Å². The summed E-state index contributed by atoms with van der Waals surface area (Å²) in [6.45, 7) is 0. The Kier molecular flexibility index (Phi) is 2.95. The van der Waals surface area contributed by atoms with Crippen molar-refractivity contribution in [3.8, 4) is 0 Å². The van der Waals surface area contributed by atoms with Crippen molar-refractivity contribution < 1.29 is 8.78 Å². The van der Waals surface area contributed by atoms with Crippen molar-refractivity contribution in [3.05, 3.63) is 60.3 Å². The second-order valence-corrected chi connectivity index (χ2v) is 4.36. The lowest BCUT2D eigenvalue weighted by atomic mass is 10.1. The summed E-state index contributed by atoms with van der Waals surface area (Å²) in [5.74, 6) is -1.78. The van der Waals surface area contributed by atoms with E-state index in [9.17, 15) is 8.78 Å². The second kappa shape index (κ2) is 4.77. The highest BCUT2D eigenvalue weighted by Crippen LogP contribution is 2.29. The van der Waals surface area contributed by atoms with Crippen LogP contribution in [0.2, 0.25) is 0 Å². The smallest absolute Gasteiger partial charge is 0.160 e. The van der Waals surface area contributed by atoms with Crippen LogP contribution in [-0.4, -0.2) is 4.98 Å². The van der Waals surface area contributed by atoms with E-state index >= 15 is 0 Å². The summed E-state index contributed by atoms with van der Waals surface area (Å²) in [7, 11) is 0. The minimum atomic E-state index is -0.900. The van der Waals surface area contributed by atoms with Crippen molar-refractivity contribution in [1.82, 2.24) is 4.98 Å². The monoisotopic (exact) mass is 271 g/mol. The van der Waals surface area contributed by atoms with Crippen molar-refractivity contribution >= 4 is 28.0 Å². The van der Waals surface area contributed by atoms with Crippen LogP contribution in [0.5, 0.6) is 0 Å². The maximum atomic E-state index is 13.2. The van der Waals surface area contributed by atoms with Crippen molar-refractivity contribution in [2.45, 2.75) is 0 Å². The first-order chi connectivity index (χ1) is 9.65. The quantitative estimate of drug-likeness (QED) is 0.696. The van der Waals surface area contributed by atoms with Crippen LogP contribution < -0.4 is 11.1 Å². The Morgan fingerprint density at radius 3 is 2.65 bits per heavy atom. The predicted octanol–water partition coefficient (Wildman–Crippen LogP) is 3.84. The van der Waals surface area contributed by atoms with Crippen LogP contribution in [0.1, 0.15) is 0 Å². The molecule has 3 rings (SSSR count). The summed E-state index contributed by atoms with van der Waals surface area (Å²) >= 11 is 0. The Bertz CT molecular complexity index is 787. The number of nitrogens with one attached hydrogen (secondary N) is 1. The molecule has 2 aromatic carbocycles. The van der Waals surface area contributed by atoms with Crippen LogP contribution in [0.4, 0.5) is 25.8 Å². The van der Waals surface area contributed by atoms with E-state index in [4.69, 9.17) is 5.73 Å². The van der Waals surface area contributed by atoms with Gasteiger partial charge in [-0.05, 0) is 36.4 Å². The number of nitrogens with zero attached hydrogens (tertiary/aromatic N) is 1. The fourth-order valence-electron chi connectivity index (χ4n) is 2.02. The van der Waals surface area contributed by atoms with Crippen molar-refractivity contribution in [1.29, 1.82) is 0 Å². The van der Waals surface area contributed by atoms with Gasteiger partial charge >= 0.3 is 0 Å². The number of nitrogen functional groups attached to an aromatic ring is 1. The molecule has 0 bridgehead atoms.